The summed E-state index contributed by atoms with van der Waals surface area (Å²) < 4.78 is 10.1. The molecule has 0 aromatic heterocycles. The minimum atomic E-state index is -1.13. The molecule has 78 valence electrons. The van der Waals surface area contributed by atoms with Crippen LogP contribution in [0.1, 0.15) is 27.2 Å². The molecule has 0 aromatic carbocycles. The molecule has 0 fully saturated rings. The fraction of sp³-hybridized carbons (Fsp3) is 0.889. The Balaban J connectivity index is 3.92. The first-order chi connectivity index (χ1) is 5.92. The van der Waals surface area contributed by atoms with Crippen LogP contribution in [0.25, 0.3) is 0 Å². The molecule has 0 aliphatic carbocycles. The highest BCUT2D eigenvalue weighted by Gasteiger charge is 2.32. The average molecular weight is 190 g/mol. The van der Waals surface area contributed by atoms with E-state index in [1.807, 2.05) is 13.8 Å². The second-order valence-electron chi connectivity index (χ2n) is 3.41. The first kappa shape index (κ1) is 12.4. The first-order valence-corrected chi connectivity index (χ1v) is 4.32. The lowest BCUT2D eigenvalue weighted by Crippen LogP contribution is -2.38. The van der Waals surface area contributed by atoms with Gasteiger partial charge in [0.2, 0.25) is 0 Å². The van der Waals surface area contributed by atoms with E-state index in [4.69, 9.17) is 14.6 Å². The van der Waals surface area contributed by atoms with Crippen LogP contribution in [-0.2, 0) is 14.3 Å². The summed E-state index contributed by atoms with van der Waals surface area (Å²) in [5.74, 6) is -0.956. The summed E-state index contributed by atoms with van der Waals surface area (Å²) in [6.45, 7) is 5.75. The predicted octanol–water partition coefficient (Wildman–Crippen LogP) is 1.29. The second-order valence-corrected chi connectivity index (χ2v) is 3.41. The maximum absolute atomic E-state index is 10.7. The van der Waals surface area contributed by atoms with Crippen molar-refractivity contribution in [1.29, 1.82) is 0 Å². The third-order valence-corrected chi connectivity index (χ3v) is 1.93. The van der Waals surface area contributed by atoms with E-state index < -0.39 is 11.6 Å². The molecule has 0 unspecified atom stereocenters. The van der Waals surface area contributed by atoms with Gasteiger partial charge < -0.3 is 14.6 Å². The molecule has 1 N–H and O–H groups in total. The van der Waals surface area contributed by atoms with Crippen LogP contribution in [0.3, 0.4) is 0 Å². The van der Waals surface area contributed by atoms with Crippen LogP contribution in [0.5, 0.6) is 0 Å². The minimum Gasteiger partial charge on any atom is -0.479 e. The van der Waals surface area contributed by atoms with Gasteiger partial charge >= 0.3 is 5.97 Å². The standard InChI is InChI=1S/C9H18O4/c1-7(2)13-6-5-9(3,12-4)8(10)11/h7H,5-6H2,1-4H3,(H,10,11)/t9-/m1/s1. The van der Waals surface area contributed by atoms with Gasteiger partial charge in [0.15, 0.2) is 5.60 Å². The quantitative estimate of drug-likeness (QED) is 0.685. The summed E-state index contributed by atoms with van der Waals surface area (Å²) in [5, 5.41) is 8.82. The van der Waals surface area contributed by atoms with Gasteiger partial charge in [-0.3, -0.25) is 0 Å². The van der Waals surface area contributed by atoms with E-state index in [0.29, 0.717) is 13.0 Å². The molecule has 0 spiro atoms. The molecule has 13 heavy (non-hydrogen) atoms. The SMILES string of the molecule is CO[C@](C)(CCOC(C)C)C(=O)O. The van der Waals surface area contributed by atoms with Gasteiger partial charge in [-0.05, 0) is 20.8 Å². The normalized spacial score (nSPS) is 15.8. The number of ether oxygens (including phenoxy) is 2. The zero-order valence-electron chi connectivity index (χ0n) is 8.66. The van der Waals surface area contributed by atoms with E-state index in [-0.39, 0.29) is 6.10 Å². The summed E-state index contributed by atoms with van der Waals surface area (Å²) in [4.78, 5) is 10.7. The van der Waals surface area contributed by atoms with Crippen LogP contribution in [-0.4, -0.2) is 36.5 Å². The van der Waals surface area contributed by atoms with Crippen LogP contribution in [0, 0.1) is 0 Å². The summed E-state index contributed by atoms with van der Waals surface area (Å²) >= 11 is 0. The van der Waals surface area contributed by atoms with Crippen molar-refractivity contribution >= 4 is 5.97 Å². The van der Waals surface area contributed by atoms with Crippen LogP contribution in [0.2, 0.25) is 0 Å². The summed E-state index contributed by atoms with van der Waals surface area (Å²) in [6, 6.07) is 0. The fourth-order valence-electron chi connectivity index (χ4n) is 0.786. The topological polar surface area (TPSA) is 55.8 Å². The first-order valence-electron chi connectivity index (χ1n) is 4.32. The number of carboxylic acids is 1. The molecule has 0 aromatic rings. The average Bonchev–Trinajstić information content (AvgIpc) is 2.03. The Hall–Kier alpha value is -0.610. The van der Waals surface area contributed by atoms with Crippen molar-refractivity contribution in [3.05, 3.63) is 0 Å². The van der Waals surface area contributed by atoms with E-state index in [2.05, 4.69) is 0 Å². The zero-order chi connectivity index (χ0) is 10.5. The molecular formula is C9H18O4. The lowest BCUT2D eigenvalue weighted by Gasteiger charge is -2.23. The molecule has 0 saturated carbocycles. The van der Waals surface area contributed by atoms with Crippen molar-refractivity contribution in [2.24, 2.45) is 0 Å². The Bertz CT molecular complexity index is 167. The Morgan fingerprint density at radius 2 is 2.08 bits per heavy atom. The van der Waals surface area contributed by atoms with Crippen molar-refractivity contribution in [3.63, 3.8) is 0 Å². The van der Waals surface area contributed by atoms with Gasteiger partial charge in [-0.1, -0.05) is 0 Å². The lowest BCUT2D eigenvalue weighted by atomic mass is 10.0. The summed E-state index contributed by atoms with van der Waals surface area (Å²) in [6.07, 6.45) is 0.478. The number of carboxylic acid groups (broad SMARTS) is 1. The van der Waals surface area contributed by atoms with Crippen molar-refractivity contribution in [2.75, 3.05) is 13.7 Å². The van der Waals surface area contributed by atoms with Crippen LogP contribution in [0.4, 0.5) is 0 Å². The highest BCUT2D eigenvalue weighted by molar-refractivity contribution is 5.76. The molecule has 4 heteroatoms. The third-order valence-electron chi connectivity index (χ3n) is 1.93. The molecular weight excluding hydrogens is 172 g/mol. The second kappa shape index (κ2) is 5.19. The molecule has 0 aliphatic rings. The molecule has 0 rings (SSSR count). The summed E-state index contributed by atoms with van der Waals surface area (Å²) in [7, 11) is 1.39. The largest absolute Gasteiger partial charge is 0.479 e. The molecule has 0 saturated heterocycles. The van der Waals surface area contributed by atoms with Crippen LogP contribution >= 0.6 is 0 Å². The van der Waals surface area contributed by atoms with Gasteiger partial charge in [-0.25, -0.2) is 4.79 Å². The lowest BCUT2D eigenvalue weighted by molar-refractivity contribution is -0.162. The van der Waals surface area contributed by atoms with Gasteiger partial charge in [0.1, 0.15) is 0 Å². The smallest absolute Gasteiger partial charge is 0.335 e. The van der Waals surface area contributed by atoms with Gasteiger partial charge in [0.25, 0.3) is 0 Å². The molecule has 0 aliphatic heterocycles. The van der Waals surface area contributed by atoms with Crippen molar-refractivity contribution in [2.45, 2.75) is 38.9 Å². The Morgan fingerprint density at radius 1 is 1.54 bits per heavy atom. The molecule has 0 heterocycles. The number of carbonyl (C=O) groups is 1. The van der Waals surface area contributed by atoms with Gasteiger partial charge in [-0.15, -0.1) is 0 Å². The predicted molar refractivity (Wildman–Crippen MR) is 48.8 cm³/mol. The van der Waals surface area contributed by atoms with Crippen molar-refractivity contribution < 1.29 is 19.4 Å². The fourth-order valence-corrected chi connectivity index (χ4v) is 0.786. The van der Waals surface area contributed by atoms with E-state index in [9.17, 15) is 4.79 Å². The summed E-state index contributed by atoms with van der Waals surface area (Å²) in [5.41, 5.74) is -1.13. The highest BCUT2D eigenvalue weighted by atomic mass is 16.5. The van der Waals surface area contributed by atoms with Gasteiger partial charge in [0.05, 0.1) is 12.7 Å². The molecule has 4 nitrogen and oxygen atoms in total. The van der Waals surface area contributed by atoms with Gasteiger partial charge in [0, 0.05) is 13.5 Å². The highest BCUT2D eigenvalue weighted by Crippen LogP contribution is 2.14. The molecule has 1 atom stereocenters. The third kappa shape index (κ3) is 4.24. The number of hydrogen-bond acceptors (Lipinski definition) is 3. The van der Waals surface area contributed by atoms with E-state index in [0.717, 1.165) is 0 Å². The zero-order valence-corrected chi connectivity index (χ0v) is 8.66. The molecule has 0 amide bonds. The van der Waals surface area contributed by atoms with Crippen molar-refractivity contribution in [3.8, 4) is 0 Å². The monoisotopic (exact) mass is 190 g/mol. The number of rotatable bonds is 6. The van der Waals surface area contributed by atoms with E-state index in [1.54, 1.807) is 6.92 Å². The van der Waals surface area contributed by atoms with Crippen LogP contribution < -0.4 is 0 Å². The Kier molecular flexibility index (Phi) is 4.95. The van der Waals surface area contributed by atoms with Crippen LogP contribution in [0.15, 0.2) is 0 Å². The van der Waals surface area contributed by atoms with Crippen molar-refractivity contribution in [1.82, 2.24) is 0 Å². The minimum absolute atomic E-state index is 0.120. The molecule has 0 radical (unpaired) electrons. The van der Waals surface area contributed by atoms with E-state index >= 15 is 0 Å². The molecule has 0 bridgehead atoms. The number of aliphatic carboxylic acids is 1. The van der Waals surface area contributed by atoms with Gasteiger partial charge in [-0.2, -0.15) is 0 Å². The van der Waals surface area contributed by atoms with E-state index in [1.165, 1.54) is 7.11 Å². The number of hydrogen-bond donors (Lipinski definition) is 1. The Morgan fingerprint density at radius 3 is 2.38 bits per heavy atom. The Labute approximate surface area is 78.8 Å². The number of methoxy groups -OCH3 is 1. The maximum atomic E-state index is 10.7. The maximum Gasteiger partial charge on any atom is 0.335 e.